The van der Waals surface area contributed by atoms with Crippen molar-refractivity contribution in [1.82, 2.24) is 4.90 Å². The smallest absolute Gasteiger partial charge is 0.115 e. The third-order valence-corrected chi connectivity index (χ3v) is 4.89. The molecule has 0 spiro atoms. The molecule has 0 unspecified atom stereocenters. The van der Waals surface area contributed by atoms with E-state index in [2.05, 4.69) is 11.8 Å². The molecule has 106 valence electrons. The second-order valence-electron chi connectivity index (χ2n) is 5.47. The van der Waals surface area contributed by atoms with E-state index >= 15 is 0 Å². The lowest BCUT2D eigenvalue weighted by Crippen LogP contribution is -2.30. The molecule has 0 aromatic heterocycles. The number of rotatable bonds is 6. The molecule has 0 aliphatic carbocycles. The molecule has 1 fully saturated rings. The highest BCUT2D eigenvalue weighted by Gasteiger charge is 2.10. The largest absolute Gasteiger partial charge is 0.508 e. The van der Waals surface area contributed by atoms with Gasteiger partial charge >= 0.3 is 0 Å². The second-order valence-corrected chi connectivity index (χ2v) is 6.98. The van der Waals surface area contributed by atoms with Crippen molar-refractivity contribution < 1.29 is 5.11 Å². The maximum atomic E-state index is 9.26. The van der Waals surface area contributed by atoms with E-state index < -0.39 is 0 Å². The summed E-state index contributed by atoms with van der Waals surface area (Å²) in [5.41, 5.74) is 0. The molecule has 1 aliphatic rings. The van der Waals surface area contributed by atoms with Crippen molar-refractivity contribution in [2.75, 3.05) is 19.6 Å². The molecular weight excluding hydrogens is 254 g/mol. The molecule has 2 rings (SSSR count). The van der Waals surface area contributed by atoms with Gasteiger partial charge in [0.05, 0.1) is 0 Å². The zero-order chi connectivity index (χ0) is 13.5. The maximum absolute atomic E-state index is 9.26. The molecule has 19 heavy (non-hydrogen) atoms. The molecule has 1 saturated heterocycles. The minimum Gasteiger partial charge on any atom is -0.508 e. The Labute approximate surface area is 121 Å². The van der Waals surface area contributed by atoms with Crippen molar-refractivity contribution >= 4 is 11.8 Å². The third kappa shape index (κ3) is 5.45. The zero-order valence-corrected chi connectivity index (χ0v) is 12.7. The molecule has 1 heterocycles. The van der Waals surface area contributed by atoms with E-state index in [9.17, 15) is 5.11 Å². The molecule has 0 bridgehead atoms. The number of piperidine rings is 1. The highest BCUT2D eigenvalue weighted by molar-refractivity contribution is 7.99. The van der Waals surface area contributed by atoms with E-state index in [0.29, 0.717) is 11.0 Å². The van der Waals surface area contributed by atoms with Crippen LogP contribution in [0, 0.1) is 0 Å². The van der Waals surface area contributed by atoms with Crippen LogP contribution < -0.4 is 0 Å². The summed E-state index contributed by atoms with van der Waals surface area (Å²) in [6.45, 7) is 6.17. The van der Waals surface area contributed by atoms with Crippen LogP contribution in [0.3, 0.4) is 0 Å². The Hall–Kier alpha value is -0.670. The third-order valence-electron chi connectivity index (χ3n) is 3.71. The van der Waals surface area contributed by atoms with Crippen molar-refractivity contribution in [2.24, 2.45) is 0 Å². The lowest BCUT2D eigenvalue weighted by Gasteiger charge is -2.26. The number of thioether (sulfide) groups is 1. The average molecular weight is 279 g/mol. The first kappa shape index (κ1) is 14.7. The van der Waals surface area contributed by atoms with Gasteiger partial charge in [-0.1, -0.05) is 13.3 Å². The highest BCUT2D eigenvalue weighted by Crippen LogP contribution is 2.27. The molecule has 2 nitrogen and oxygen atoms in total. The molecule has 1 aromatic carbocycles. The minimum atomic E-state index is 0.349. The summed E-state index contributed by atoms with van der Waals surface area (Å²) in [7, 11) is 0. The Morgan fingerprint density at radius 2 is 1.84 bits per heavy atom. The fraction of sp³-hybridized carbons (Fsp3) is 0.625. The number of aromatic hydroxyl groups is 1. The number of hydrogen-bond donors (Lipinski definition) is 1. The Kier molecular flexibility index (Phi) is 6.05. The van der Waals surface area contributed by atoms with E-state index in [1.165, 1.54) is 56.6 Å². The van der Waals surface area contributed by atoms with Crippen LogP contribution >= 0.6 is 11.8 Å². The van der Waals surface area contributed by atoms with Crippen molar-refractivity contribution in [3.05, 3.63) is 24.3 Å². The van der Waals surface area contributed by atoms with Crippen LogP contribution in [0.2, 0.25) is 0 Å². The lowest BCUT2D eigenvalue weighted by molar-refractivity contribution is 0.225. The Morgan fingerprint density at radius 3 is 2.53 bits per heavy atom. The Bertz CT molecular complexity index is 360. The van der Waals surface area contributed by atoms with Gasteiger partial charge in [0.2, 0.25) is 0 Å². The fourth-order valence-corrected chi connectivity index (χ4v) is 3.64. The van der Waals surface area contributed by atoms with Crippen LogP contribution in [0.4, 0.5) is 0 Å². The summed E-state index contributed by atoms with van der Waals surface area (Å²) in [6, 6.07) is 7.54. The summed E-state index contributed by atoms with van der Waals surface area (Å²) in [5, 5.41) is 9.91. The van der Waals surface area contributed by atoms with Gasteiger partial charge in [-0.05, 0) is 69.6 Å². The molecule has 1 aliphatic heterocycles. The molecule has 0 saturated carbocycles. The van der Waals surface area contributed by atoms with Gasteiger partial charge in [0, 0.05) is 10.1 Å². The van der Waals surface area contributed by atoms with E-state index in [0.717, 1.165) is 0 Å². The molecule has 0 amide bonds. The topological polar surface area (TPSA) is 23.5 Å². The number of nitrogens with zero attached hydrogens (tertiary/aromatic N) is 1. The quantitative estimate of drug-likeness (QED) is 0.792. The van der Waals surface area contributed by atoms with Gasteiger partial charge in [-0.3, -0.25) is 0 Å². The van der Waals surface area contributed by atoms with E-state index in [-0.39, 0.29) is 0 Å². The van der Waals surface area contributed by atoms with Crippen molar-refractivity contribution in [2.45, 2.75) is 49.2 Å². The number of hydrogen-bond acceptors (Lipinski definition) is 3. The van der Waals surface area contributed by atoms with Crippen LogP contribution in [0.5, 0.6) is 5.75 Å². The number of benzene rings is 1. The SMILES string of the molecule is C[C@@H](CCCN1CCCCC1)Sc1ccc(O)cc1. The Morgan fingerprint density at radius 1 is 1.16 bits per heavy atom. The monoisotopic (exact) mass is 279 g/mol. The van der Waals surface area contributed by atoms with Gasteiger partial charge in [-0.15, -0.1) is 11.8 Å². The van der Waals surface area contributed by atoms with Crippen LogP contribution in [0.15, 0.2) is 29.2 Å². The van der Waals surface area contributed by atoms with Crippen molar-refractivity contribution in [3.63, 3.8) is 0 Å². The predicted octanol–water partition coefficient (Wildman–Crippen LogP) is 4.14. The van der Waals surface area contributed by atoms with Gasteiger partial charge < -0.3 is 10.0 Å². The van der Waals surface area contributed by atoms with Gasteiger partial charge in [0.25, 0.3) is 0 Å². The molecule has 1 atom stereocenters. The first-order valence-electron chi connectivity index (χ1n) is 7.42. The summed E-state index contributed by atoms with van der Waals surface area (Å²) >= 11 is 1.91. The normalized spacial score (nSPS) is 18.4. The first-order valence-corrected chi connectivity index (χ1v) is 8.30. The standard InChI is InChI=1S/C16H25NOS/c1-14(19-16-9-7-15(18)8-10-16)6-5-13-17-11-3-2-4-12-17/h7-10,14,18H,2-6,11-13H2,1H3/t14-/m0/s1. The van der Waals surface area contributed by atoms with Crippen LogP contribution in [-0.2, 0) is 0 Å². The summed E-state index contributed by atoms with van der Waals surface area (Å²) in [5.74, 6) is 0.349. The number of likely N-dealkylation sites (tertiary alicyclic amines) is 1. The van der Waals surface area contributed by atoms with Crippen molar-refractivity contribution in [1.29, 1.82) is 0 Å². The molecular formula is C16H25NOS. The average Bonchev–Trinajstić information content (AvgIpc) is 2.43. The van der Waals surface area contributed by atoms with Crippen LogP contribution in [0.1, 0.15) is 39.0 Å². The summed E-state index contributed by atoms with van der Waals surface area (Å²) < 4.78 is 0. The number of phenols is 1. The second kappa shape index (κ2) is 7.81. The van der Waals surface area contributed by atoms with Gasteiger partial charge in [-0.2, -0.15) is 0 Å². The summed E-state index contributed by atoms with van der Waals surface area (Å²) in [4.78, 5) is 3.87. The summed E-state index contributed by atoms with van der Waals surface area (Å²) in [6.07, 6.45) is 6.76. The fourth-order valence-electron chi connectivity index (χ4n) is 2.60. The predicted molar refractivity (Wildman–Crippen MR) is 83.0 cm³/mol. The zero-order valence-electron chi connectivity index (χ0n) is 11.8. The molecule has 1 aromatic rings. The van der Waals surface area contributed by atoms with Gasteiger partial charge in [0.15, 0.2) is 0 Å². The maximum Gasteiger partial charge on any atom is 0.115 e. The Balaban J connectivity index is 1.63. The van der Waals surface area contributed by atoms with Gasteiger partial charge in [0.1, 0.15) is 5.75 Å². The molecule has 3 heteroatoms. The van der Waals surface area contributed by atoms with Crippen molar-refractivity contribution in [3.8, 4) is 5.75 Å². The minimum absolute atomic E-state index is 0.349. The van der Waals surface area contributed by atoms with Crippen LogP contribution in [0.25, 0.3) is 0 Å². The molecule has 1 N–H and O–H groups in total. The van der Waals surface area contributed by atoms with Gasteiger partial charge in [-0.25, -0.2) is 0 Å². The molecule has 0 radical (unpaired) electrons. The van der Waals surface area contributed by atoms with E-state index in [4.69, 9.17) is 0 Å². The first-order chi connectivity index (χ1) is 9.24. The van der Waals surface area contributed by atoms with E-state index in [1.807, 2.05) is 23.9 Å². The lowest BCUT2D eigenvalue weighted by atomic mass is 10.1. The van der Waals surface area contributed by atoms with E-state index in [1.54, 1.807) is 12.1 Å². The highest BCUT2D eigenvalue weighted by atomic mass is 32.2. The number of phenolic OH excluding ortho intramolecular Hbond substituents is 1. The van der Waals surface area contributed by atoms with Crippen LogP contribution in [-0.4, -0.2) is 34.9 Å².